The molecule has 1 aliphatic heterocycles. The van der Waals surface area contributed by atoms with Crippen molar-refractivity contribution in [1.29, 1.82) is 0 Å². The molecule has 1 aromatic rings. The second kappa shape index (κ2) is 5.87. The number of amides is 1. The SMILES string of the molecule is O=C(CCn1cc([N+](=O)[O-])cn1)NC1(C(=O)O)CCOC1. The van der Waals surface area contributed by atoms with Gasteiger partial charge in [-0.15, -0.1) is 0 Å². The Morgan fingerprint density at radius 1 is 1.62 bits per heavy atom. The number of nitro groups is 1. The molecule has 0 aromatic carbocycles. The Morgan fingerprint density at radius 2 is 2.38 bits per heavy atom. The van der Waals surface area contributed by atoms with Crippen molar-refractivity contribution in [3.8, 4) is 0 Å². The molecule has 0 radical (unpaired) electrons. The van der Waals surface area contributed by atoms with E-state index in [1.165, 1.54) is 10.9 Å². The highest BCUT2D eigenvalue weighted by atomic mass is 16.6. The lowest BCUT2D eigenvalue weighted by atomic mass is 9.99. The number of nitrogens with one attached hydrogen (secondary N) is 1. The predicted molar refractivity (Wildman–Crippen MR) is 67.4 cm³/mol. The van der Waals surface area contributed by atoms with Crippen LogP contribution in [0.2, 0.25) is 0 Å². The molecule has 0 spiro atoms. The Labute approximate surface area is 118 Å². The average molecular weight is 298 g/mol. The Balaban J connectivity index is 1.89. The number of aromatic nitrogens is 2. The molecule has 2 rings (SSSR count). The number of carboxylic acid groups (broad SMARTS) is 1. The molecule has 1 saturated heterocycles. The van der Waals surface area contributed by atoms with Crippen molar-refractivity contribution in [2.45, 2.75) is 24.9 Å². The predicted octanol–water partition coefficient (Wildman–Crippen LogP) is -0.459. The quantitative estimate of drug-likeness (QED) is 0.535. The Morgan fingerprint density at radius 3 is 2.90 bits per heavy atom. The van der Waals surface area contributed by atoms with Crippen LogP contribution in [0.4, 0.5) is 5.69 Å². The molecule has 1 unspecified atom stereocenters. The summed E-state index contributed by atoms with van der Waals surface area (Å²) in [7, 11) is 0. The van der Waals surface area contributed by atoms with Gasteiger partial charge in [-0.3, -0.25) is 19.6 Å². The molecule has 114 valence electrons. The molecule has 0 saturated carbocycles. The highest BCUT2D eigenvalue weighted by molar-refractivity contribution is 5.87. The second-order valence-corrected chi connectivity index (χ2v) is 4.71. The molecule has 0 aliphatic carbocycles. The van der Waals surface area contributed by atoms with E-state index in [2.05, 4.69) is 10.4 Å². The molecule has 2 N–H and O–H groups in total. The summed E-state index contributed by atoms with van der Waals surface area (Å²) in [5.74, 6) is -1.61. The van der Waals surface area contributed by atoms with Crippen LogP contribution >= 0.6 is 0 Å². The zero-order chi connectivity index (χ0) is 15.5. The first kappa shape index (κ1) is 14.9. The molecule has 2 heterocycles. The van der Waals surface area contributed by atoms with Crippen LogP contribution < -0.4 is 5.32 Å². The molecule has 21 heavy (non-hydrogen) atoms. The van der Waals surface area contributed by atoms with E-state index in [4.69, 9.17) is 4.74 Å². The lowest BCUT2D eigenvalue weighted by Gasteiger charge is -2.23. The Kier molecular flexibility index (Phi) is 4.17. The summed E-state index contributed by atoms with van der Waals surface area (Å²) < 4.78 is 6.29. The molecule has 1 aromatic heterocycles. The van der Waals surface area contributed by atoms with Gasteiger partial charge in [-0.1, -0.05) is 0 Å². The van der Waals surface area contributed by atoms with Gasteiger partial charge in [-0.2, -0.15) is 5.10 Å². The van der Waals surface area contributed by atoms with Crippen LogP contribution in [0.15, 0.2) is 12.4 Å². The fraction of sp³-hybridized carbons (Fsp3) is 0.545. The zero-order valence-corrected chi connectivity index (χ0v) is 11.0. The van der Waals surface area contributed by atoms with Crippen molar-refractivity contribution in [2.75, 3.05) is 13.2 Å². The lowest BCUT2D eigenvalue weighted by Crippen LogP contribution is -2.55. The normalized spacial score (nSPS) is 21.1. The third-order valence-electron chi connectivity index (χ3n) is 3.21. The average Bonchev–Trinajstić information content (AvgIpc) is 3.05. The maximum absolute atomic E-state index is 11.8. The number of nitrogens with zero attached hydrogens (tertiary/aromatic N) is 3. The van der Waals surface area contributed by atoms with E-state index in [9.17, 15) is 24.8 Å². The molecule has 1 atom stereocenters. The van der Waals surface area contributed by atoms with E-state index >= 15 is 0 Å². The molecule has 1 amide bonds. The third-order valence-corrected chi connectivity index (χ3v) is 3.21. The van der Waals surface area contributed by atoms with Crippen LogP contribution in [0, 0.1) is 10.1 Å². The first-order valence-electron chi connectivity index (χ1n) is 6.22. The van der Waals surface area contributed by atoms with Crippen molar-refractivity contribution < 1.29 is 24.4 Å². The van der Waals surface area contributed by atoms with Gasteiger partial charge in [0.2, 0.25) is 5.91 Å². The van der Waals surface area contributed by atoms with E-state index in [-0.39, 0.29) is 38.3 Å². The summed E-state index contributed by atoms with van der Waals surface area (Å²) in [6.45, 7) is 0.329. The molecular weight excluding hydrogens is 284 g/mol. The number of aliphatic carboxylic acids is 1. The number of carbonyl (C=O) groups excluding carboxylic acids is 1. The van der Waals surface area contributed by atoms with Gasteiger partial charge in [0.25, 0.3) is 0 Å². The van der Waals surface area contributed by atoms with Crippen molar-refractivity contribution in [2.24, 2.45) is 0 Å². The number of ether oxygens (including phenoxy) is 1. The Hall–Kier alpha value is -2.49. The summed E-state index contributed by atoms with van der Waals surface area (Å²) in [6, 6.07) is 0. The molecule has 10 nitrogen and oxygen atoms in total. The van der Waals surface area contributed by atoms with Crippen molar-refractivity contribution in [3.63, 3.8) is 0 Å². The molecule has 1 aliphatic rings. The maximum Gasteiger partial charge on any atom is 0.331 e. The van der Waals surface area contributed by atoms with E-state index in [0.29, 0.717) is 0 Å². The van der Waals surface area contributed by atoms with E-state index < -0.39 is 22.3 Å². The second-order valence-electron chi connectivity index (χ2n) is 4.71. The number of hydrogen-bond donors (Lipinski definition) is 2. The van der Waals surface area contributed by atoms with E-state index in [1.54, 1.807) is 0 Å². The van der Waals surface area contributed by atoms with Crippen LogP contribution in [0.25, 0.3) is 0 Å². The minimum absolute atomic E-state index is 0.0339. The van der Waals surface area contributed by atoms with Crippen LogP contribution in [0.5, 0.6) is 0 Å². The van der Waals surface area contributed by atoms with Gasteiger partial charge in [0, 0.05) is 26.0 Å². The summed E-state index contributed by atoms with van der Waals surface area (Å²) in [5.41, 5.74) is -1.55. The van der Waals surface area contributed by atoms with Crippen LogP contribution in [0.1, 0.15) is 12.8 Å². The fourth-order valence-corrected chi connectivity index (χ4v) is 2.00. The summed E-state index contributed by atoms with van der Waals surface area (Å²) in [5, 5.41) is 25.9. The number of carbonyl (C=O) groups is 2. The van der Waals surface area contributed by atoms with Crippen molar-refractivity contribution in [3.05, 3.63) is 22.5 Å². The fourth-order valence-electron chi connectivity index (χ4n) is 2.00. The van der Waals surface area contributed by atoms with Crippen molar-refractivity contribution in [1.82, 2.24) is 15.1 Å². The summed E-state index contributed by atoms with van der Waals surface area (Å²) >= 11 is 0. The number of hydrogen-bond acceptors (Lipinski definition) is 6. The number of rotatable bonds is 6. The summed E-state index contributed by atoms with van der Waals surface area (Å²) in [6.07, 6.45) is 2.47. The van der Waals surface area contributed by atoms with Crippen LogP contribution in [-0.2, 0) is 20.9 Å². The number of aryl methyl sites for hydroxylation is 1. The lowest BCUT2D eigenvalue weighted by molar-refractivity contribution is -0.385. The van der Waals surface area contributed by atoms with E-state index in [1.807, 2.05) is 0 Å². The monoisotopic (exact) mass is 298 g/mol. The third kappa shape index (κ3) is 3.34. The van der Waals surface area contributed by atoms with Gasteiger partial charge in [-0.25, -0.2) is 4.79 Å². The smallest absolute Gasteiger partial charge is 0.331 e. The highest BCUT2D eigenvalue weighted by Crippen LogP contribution is 2.19. The topological polar surface area (TPSA) is 137 Å². The maximum atomic E-state index is 11.8. The highest BCUT2D eigenvalue weighted by Gasteiger charge is 2.43. The van der Waals surface area contributed by atoms with Crippen molar-refractivity contribution >= 4 is 17.6 Å². The Bertz CT molecular complexity index is 563. The standard InChI is InChI=1S/C11H14N4O6/c16-9(13-11(10(17)18)2-4-21-7-11)1-3-14-6-8(5-12-14)15(19)20/h5-6H,1-4,7H2,(H,13,16)(H,17,18). The van der Waals surface area contributed by atoms with Gasteiger partial charge in [0.05, 0.1) is 11.5 Å². The van der Waals surface area contributed by atoms with Gasteiger partial charge in [0.15, 0.2) is 5.54 Å². The van der Waals surface area contributed by atoms with Crippen LogP contribution in [-0.4, -0.2) is 50.4 Å². The first-order valence-corrected chi connectivity index (χ1v) is 6.22. The van der Waals surface area contributed by atoms with Gasteiger partial charge >= 0.3 is 11.7 Å². The molecular formula is C11H14N4O6. The molecule has 0 bridgehead atoms. The minimum atomic E-state index is -1.38. The minimum Gasteiger partial charge on any atom is -0.479 e. The first-order chi connectivity index (χ1) is 9.93. The molecule has 1 fully saturated rings. The zero-order valence-electron chi connectivity index (χ0n) is 11.0. The van der Waals surface area contributed by atoms with Crippen LogP contribution in [0.3, 0.4) is 0 Å². The van der Waals surface area contributed by atoms with Gasteiger partial charge in [-0.05, 0) is 0 Å². The number of carboxylic acids is 1. The summed E-state index contributed by atoms with van der Waals surface area (Å²) in [4.78, 5) is 33.0. The van der Waals surface area contributed by atoms with Gasteiger partial charge in [0.1, 0.15) is 12.4 Å². The van der Waals surface area contributed by atoms with E-state index in [0.717, 1.165) is 6.20 Å². The molecule has 10 heteroatoms. The largest absolute Gasteiger partial charge is 0.479 e. The van der Waals surface area contributed by atoms with Gasteiger partial charge < -0.3 is 15.2 Å².